The third-order valence-electron chi connectivity index (χ3n) is 4.96. The molecule has 0 saturated carbocycles. The van der Waals surface area contributed by atoms with Gasteiger partial charge in [0.05, 0.1) is 11.5 Å². The quantitative estimate of drug-likeness (QED) is 0.458. The first-order valence-corrected chi connectivity index (χ1v) is 13.1. The lowest BCUT2D eigenvalue weighted by molar-refractivity contribution is 0.134. The van der Waals surface area contributed by atoms with Gasteiger partial charge in [0.2, 0.25) is 0 Å². The molecule has 0 N–H and O–H groups in total. The number of rotatable bonds is 8. The highest BCUT2D eigenvalue weighted by molar-refractivity contribution is 7.86. The Kier molecular flexibility index (Phi) is 7.06. The van der Waals surface area contributed by atoms with E-state index in [0.717, 1.165) is 5.56 Å². The Labute approximate surface area is 155 Å². The summed E-state index contributed by atoms with van der Waals surface area (Å²) in [7, 11) is -5.51. The first-order valence-electron chi connectivity index (χ1n) is 8.76. The van der Waals surface area contributed by atoms with E-state index in [9.17, 15) is 8.42 Å². The molecule has 0 atom stereocenters. The molecule has 0 amide bonds. The summed E-state index contributed by atoms with van der Waals surface area (Å²) in [4.78, 5) is 0.202. The molecular weight excluding hydrogens is 352 g/mol. The topological polar surface area (TPSA) is 52.6 Å². The summed E-state index contributed by atoms with van der Waals surface area (Å²) < 4.78 is 36.0. The molecule has 0 aliphatic rings. The van der Waals surface area contributed by atoms with Crippen molar-refractivity contribution in [1.82, 2.24) is 0 Å². The van der Waals surface area contributed by atoms with Crippen molar-refractivity contribution in [3.05, 3.63) is 29.8 Å². The van der Waals surface area contributed by atoms with Gasteiger partial charge in [-0.05, 0) is 49.0 Å². The molecule has 0 fully saturated rings. The minimum atomic E-state index is -3.70. The third-order valence-corrected chi connectivity index (χ3v) is 10.8. The van der Waals surface area contributed by atoms with Gasteiger partial charge in [0.15, 0.2) is 8.32 Å². The number of aryl methyl sites for hydroxylation is 1. The van der Waals surface area contributed by atoms with E-state index in [2.05, 4.69) is 47.7 Å². The fourth-order valence-corrected chi connectivity index (χ4v) is 3.96. The molecular formula is C19H34O4SSi. The third kappa shape index (κ3) is 6.85. The standard InChI is InChI=1S/C19H34O4SSi/c1-16-9-11-17(12-10-16)24(20,21)22-14-13-19(5,6)15-23-25(7,8)18(2,3)4/h9-12H,13-15H2,1-8H3. The van der Waals surface area contributed by atoms with E-state index >= 15 is 0 Å². The van der Waals surface area contributed by atoms with Gasteiger partial charge in [0.25, 0.3) is 10.1 Å². The van der Waals surface area contributed by atoms with Gasteiger partial charge in [0.1, 0.15) is 0 Å². The number of hydrogen-bond acceptors (Lipinski definition) is 4. The second kappa shape index (κ2) is 7.90. The first kappa shape index (κ1) is 22.3. The van der Waals surface area contributed by atoms with Crippen LogP contribution in [0.3, 0.4) is 0 Å². The summed E-state index contributed by atoms with van der Waals surface area (Å²) >= 11 is 0. The van der Waals surface area contributed by atoms with Crippen LogP contribution in [0.1, 0.15) is 46.6 Å². The van der Waals surface area contributed by atoms with E-state index in [1.165, 1.54) is 0 Å². The predicted molar refractivity (Wildman–Crippen MR) is 106 cm³/mol. The molecule has 25 heavy (non-hydrogen) atoms. The van der Waals surface area contributed by atoms with Crippen LogP contribution in [0.15, 0.2) is 29.2 Å². The van der Waals surface area contributed by atoms with Crippen molar-refractivity contribution in [2.75, 3.05) is 13.2 Å². The van der Waals surface area contributed by atoms with Crippen molar-refractivity contribution in [3.63, 3.8) is 0 Å². The normalized spacial score (nSPS) is 13.9. The van der Waals surface area contributed by atoms with Crippen molar-refractivity contribution in [2.45, 2.75) is 71.0 Å². The fourth-order valence-electron chi connectivity index (χ4n) is 1.87. The smallest absolute Gasteiger partial charge is 0.296 e. The van der Waals surface area contributed by atoms with E-state index in [4.69, 9.17) is 8.61 Å². The van der Waals surface area contributed by atoms with Gasteiger partial charge in [-0.2, -0.15) is 8.42 Å². The average Bonchev–Trinajstić information content (AvgIpc) is 2.44. The molecule has 4 nitrogen and oxygen atoms in total. The van der Waals surface area contributed by atoms with Crippen LogP contribution in [0.4, 0.5) is 0 Å². The van der Waals surface area contributed by atoms with E-state index in [0.29, 0.717) is 13.0 Å². The van der Waals surface area contributed by atoms with E-state index in [1.54, 1.807) is 24.3 Å². The van der Waals surface area contributed by atoms with Gasteiger partial charge in [-0.3, -0.25) is 4.18 Å². The van der Waals surface area contributed by atoms with Crippen molar-refractivity contribution >= 4 is 18.4 Å². The zero-order valence-electron chi connectivity index (χ0n) is 17.0. The lowest BCUT2D eigenvalue weighted by Crippen LogP contribution is -2.43. The van der Waals surface area contributed by atoms with Gasteiger partial charge in [0, 0.05) is 6.61 Å². The SMILES string of the molecule is Cc1ccc(S(=O)(=O)OCCC(C)(C)CO[Si](C)(C)C(C)(C)C)cc1. The zero-order valence-corrected chi connectivity index (χ0v) is 18.8. The molecule has 0 aliphatic carbocycles. The lowest BCUT2D eigenvalue weighted by atomic mass is 9.91. The summed E-state index contributed by atoms with van der Waals surface area (Å²) in [5.41, 5.74) is 0.876. The molecule has 0 bridgehead atoms. The van der Waals surface area contributed by atoms with Crippen molar-refractivity contribution in [3.8, 4) is 0 Å². The van der Waals surface area contributed by atoms with E-state index in [1.807, 2.05) is 6.92 Å². The number of hydrogen-bond donors (Lipinski definition) is 0. The zero-order chi connectivity index (χ0) is 19.5. The number of benzene rings is 1. The monoisotopic (exact) mass is 386 g/mol. The highest BCUT2D eigenvalue weighted by Gasteiger charge is 2.38. The average molecular weight is 387 g/mol. The second-order valence-corrected chi connectivity index (χ2v) is 15.5. The van der Waals surface area contributed by atoms with Crippen LogP contribution in [0.2, 0.25) is 18.1 Å². The second-order valence-electron chi connectivity index (χ2n) is 9.05. The Bertz CT molecular complexity index is 656. The molecule has 6 heteroatoms. The Hall–Kier alpha value is -0.693. The van der Waals surface area contributed by atoms with Crippen LogP contribution < -0.4 is 0 Å². The van der Waals surface area contributed by atoms with Gasteiger partial charge in [-0.25, -0.2) is 0 Å². The maximum atomic E-state index is 12.2. The Morgan fingerprint density at radius 3 is 2.00 bits per heavy atom. The van der Waals surface area contributed by atoms with Gasteiger partial charge in [-0.1, -0.05) is 52.3 Å². The molecule has 0 spiro atoms. The van der Waals surface area contributed by atoms with Crippen molar-refractivity contribution in [1.29, 1.82) is 0 Å². The van der Waals surface area contributed by atoms with E-state index in [-0.39, 0.29) is 22.0 Å². The molecule has 0 aromatic heterocycles. The van der Waals surface area contributed by atoms with Crippen molar-refractivity contribution in [2.24, 2.45) is 5.41 Å². The minimum absolute atomic E-state index is 0.141. The van der Waals surface area contributed by atoms with Crippen LogP contribution in [0.25, 0.3) is 0 Å². The molecule has 1 aromatic rings. The molecule has 144 valence electrons. The molecule has 0 unspecified atom stereocenters. The molecule has 1 rings (SSSR count). The summed E-state index contributed by atoms with van der Waals surface area (Å²) in [5, 5.41) is 0.161. The summed E-state index contributed by atoms with van der Waals surface area (Å²) in [6.07, 6.45) is 0.618. The Morgan fingerprint density at radius 2 is 1.52 bits per heavy atom. The maximum absolute atomic E-state index is 12.2. The largest absolute Gasteiger partial charge is 0.416 e. The summed E-state index contributed by atoms with van der Waals surface area (Å²) in [6.45, 7) is 17.9. The van der Waals surface area contributed by atoms with Crippen LogP contribution in [0.5, 0.6) is 0 Å². The molecule has 1 aromatic carbocycles. The van der Waals surface area contributed by atoms with Crippen LogP contribution in [-0.4, -0.2) is 29.9 Å². The van der Waals surface area contributed by atoms with E-state index < -0.39 is 18.4 Å². The minimum Gasteiger partial charge on any atom is -0.416 e. The Balaban J connectivity index is 2.57. The van der Waals surface area contributed by atoms with Crippen LogP contribution in [-0.2, 0) is 18.7 Å². The molecule has 0 aliphatic heterocycles. The van der Waals surface area contributed by atoms with Crippen LogP contribution >= 0.6 is 0 Å². The highest BCUT2D eigenvalue weighted by atomic mass is 32.2. The predicted octanol–water partition coefficient (Wildman–Crippen LogP) is 5.14. The molecule has 0 heterocycles. The lowest BCUT2D eigenvalue weighted by Gasteiger charge is -2.39. The first-order chi connectivity index (χ1) is 11.2. The Morgan fingerprint density at radius 1 is 1.00 bits per heavy atom. The van der Waals surface area contributed by atoms with Crippen LogP contribution in [0, 0.1) is 12.3 Å². The fraction of sp³-hybridized carbons (Fsp3) is 0.684. The van der Waals surface area contributed by atoms with Crippen molar-refractivity contribution < 1.29 is 17.0 Å². The maximum Gasteiger partial charge on any atom is 0.296 e. The van der Waals surface area contributed by atoms with Gasteiger partial charge < -0.3 is 4.43 Å². The van der Waals surface area contributed by atoms with Gasteiger partial charge in [-0.15, -0.1) is 0 Å². The summed E-state index contributed by atoms with van der Waals surface area (Å²) in [6, 6.07) is 6.70. The van der Waals surface area contributed by atoms with Gasteiger partial charge >= 0.3 is 0 Å². The molecule has 0 radical (unpaired) electrons. The molecule has 0 saturated heterocycles. The summed E-state index contributed by atoms with van der Waals surface area (Å²) in [5.74, 6) is 0. The highest BCUT2D eigenvalue weighted by Crippen LogP contribution is 2.38.